The highest BCUT2D eigenvalue weighted by Gasteiger charge is 2.33. The maximum Gasteiger partial charge on any atom is 0.328 e. The third-order valence-electron chi connectivity index (χ3n) is 4.25. The summed E-state index contributed by atoms with van der Waals surface area (Å²) in [5.41, 5.74) is 1.81. The molecule has 0 amide bonds. The van der Waals surface area contributed by atoms with Crippen LogP contribution < -0.4 is 4.90 Å². The lowest BCUT2D eigenvalue weighted by molar-refractivity contribution is -0.131. The Hall–Kier alpha value is -1.82. The lowest BCUT2D eigenvalue weighted by Crippen LogP contribution is -2.58. The lowest BCUT2D eigenvalue weighted by atomic mass is 9.99. The molecular weight excluding hydrogens is 268 g/mol. The molecule has 2 rings (SSSR count). The molecular formula is C15H24N4O2. The molecule has 0 unspecified atom stereocenters. The van der Waals surface area contributed by atoms with Gasteiger partial charge in [-0.2, -0.15) is 5.10 Å². The van der Waals surface area contributed by atoms with E-state index in [-0.39, 0.29) is 5.54 Å². The number of piperazine rings is 1. The van der Waals surface area contributed by atoms with Gasteiger partial charge in [0.05, 0.1) is 5.69 Å². The van der Waals surface area contributed by atoms with E-state index in [9.17, 15) is 4.79 Å². The number of carbonyl (C=O) groups is 1. The minimum absolute atomic E-state index is 0.0736. The van der Waals surface area contributed by atoms with Crippen molar-refractivity contribution in [2.45, 2.75) is 26.3 Å². The normalized spacial score (nSPS) is 19.4. The Labute approximate surface area is 125 Å². The third-order valence-corrected chi connectivity index (χ3v) is 4.25. The summed E-state index contributed by atoms with van der Waals surface area (Å²) in [5.74, 6) is 0.0501. The van der Waals surface area contributed by atoms with Gasteiger partial charge in [0.15, 0.2) is 0 Å². The van der Waals surface area contributed by atoms with Crippen molar-refractivity contribution >= 4 is 17.9 Å². The van der Waals surface area contributed by atoms with E-state index < -0.39 is 5.97 Å². The second-order valence-corrected chi connectivity index (χ2v) is 6.27. The molecule has 0 aliphatic carbocycles. The second kappa shape index (κ2) is 5.52. The number of aliphatic carboxylic acids is 1. The molecule has 1 N–H and O–H groups in total. The molecule has 0 saturated carbocycles. The number of rotatable bonds is 3. The topological polar surface area (TPSA) is 61.6 Å². The third kappa shape index (κ3) is 3.10. The largest absolute Gasteiger partial charge is 0.478 e. The van der Waals surface area contributed by atoms with Crippen molar-refractivity contribution in [3.63, 3.8) is 0 Å². The predicted octanol–water partition coefficient (Wildman–Crippen LogP) is 1.36. The molecule has 0 aromatic carbocycles. The molecule has 1 aliphatic rings. The number of aromatic nitrogens is 2. The molecule has 0 atom stereocenters. The number of hydrogen-bond acceptors (Lipinski definition) is 4. The van der Waals surface area contributed by atoms with Crippen molar-refractivity contribution in [3.8, 4) is 0 Å². The fraction of sp³-hybridized carbons (Fsp3) is 0.600. The summed E-state index contributed by atoms with van der Waals surface area (Å²) in [4.78, 5) is 15.4. The van der Waals surface area contributed by atoms with Crippen LogP contribution >= 0.6 is 0 Å². The molecule has 1 aromatic heterocycles. The van der Waals surface area contributed by atoms with Crippen molar-refractivity contribution in [1.29, 1.82) is 0 Å². The zero-order chi connectivity index (χ0) is 15.8. The Bertz CT molecular complexity index is 574. The van der Waals surface area contributed by atoms with Crippen LogP contribution in [0.4, 0.5) is 5.82 Å². The minimum atomic E-state index is -0.942. The van der Waals surface area contributed by atoms with Crippen LogP contribution in [0.3, 0.4) is 0 Å². The van der Waals surface area contributed by atoms with Gasteiger partial charge < -0.3 is 10.0 Å². The van der Waals surface area contributed by atoms with Gasteiger partial charge >= 0.3 is 5.97 Å². The summed E-state index contributed by atoms with van der Waals surface area (Å²) in [5, 5.41) is 13.3. The molecule has 0 spiro atoms. The molecule has 1 aliphatic heterocycles. The van der Waals surface area contributed by atoms with Gasteiger partial charge in [0, 0.05) is 43.9 Å². The number of carboxylic acid groups (broad SMARTS) is 1. The molecule has 0 radical (unpaired) electrons. The molecule has 1 saturated heterocycles. The number of nitrogens with zero attached hydrogens (tertiary/aromatic N) is 4. The molecule has 1 fully saturated rings. The Morgan fingerprint density at radius 2 is 2.00 bits per heavy atom. The molecule has 6 heteroatoms. The van der Waals surface area contributed by atoms with Crippen LogP contribution in [0, 0.1) is 6.92 Å². The van der Waals surface area contributed by atoms with Gasteiger partial charge in [-0.3, -0.25) is 9.58 Å². The monoisotopic (exact) mass is 292 g/mol. The van der Waals surface area contributed by atoms with Crippen molar-refractivity contribution in [1.82, 2.24) is 14.7 Å². The van der Waals surface area contributed by atoms with Gasteiger partial charge in [-0.25, -0.2) is 4.79 Å². The summed E-state index contributed by atoms with van der Waals surface area (Å²) in [7, 11) is 4.04. The predicted molar refractivity (Wildman–Crippen MR) is 83.5 cm³/mol. The zero-order valence-electron chi connectivity index (χ0n) is 13.4. The van der Waals surface area contributed by atoms with Gasteiger partial charge in [-0.05, 0) is 33.9 Å². The Balaban J connectivity index is 2.37. The maximum atomic E-state index is 10.8. The standard InChI is InChI=1S/C15H24N4O2/c1-11-12(6-7-13(20)21)14(18(5)16-11)19-9-8-17(4)15(2,3)10-19/h6-7H,8-10H2,1-5H3,(H,20,21). The van der Waals surface area contributed by atoms with Gasteiger partial charge in [-0.1, -0.05) is 0 Å². The summed E-state index contributed by atoms with van der Waals surface area (Å²) < 4.78 is 1.85. The highest BCUT2D eigenvalue weighted by atomic mass is 16.4. The SMILES string of the molecule is Cc1nn(C)c(N2CCN(C)C(C)(C)C2)c1C=CC(=O)O. The fourth-order valence-electron chi connectivity index (χ4n) is 2.81. The van der Waals surface area contributed by atoms with Crippen molar-refractivity contribution in [2.24, 2.45) is 7.05 Å². The maximum absolute atomic E-state index is 10.8. The first-order chi connectivity index (χ1) is 9.72. The second-order valence-electron chi connectivity index (χ2n) is 6.27. The number of anilines is 1. The fourth-order valence-corrected chi connectivity index (χ4v) is 2.81. The van der Waals surface area contributed by atoms with Crippen LogP contribution in [0.15, 0.2) is 6.08 Å². The molecule has 6 nitrogen and oxygen atoms in total. The Kier molecular flexibility index (Phi) is 4.09. The van der Waals surface area contributed by atoms with E-state index in [1.165, 1.54) is 6.08 Å². The van der Waals surface area contributed by atoms with Crippen LogP contribution in [-0.4, -0.2) is 58.0 Å². The summed E-state index contributed by atoms with van der Waals surface area (Å²) in [6.07, 6.45) is 2.82. The van der Waals surface area contributed by atoms with Crippen LogP contribution in [0.2, 0.25) is 0 Å². The van der Waals surface area contributed by atoms with E-state index in [4.69, 9.17) is 5.11 Å². The number of aryl methyl sites for hydroxylation is 2. The average molecular weight is 292 g/mol. The van der Waals surface area contributed by atoms with Gasteiger partial charge in [-0.15, -0.1) is 0 Å². The molecule has 2 heterocycles. The number of hydrogen-bond donors (Lipinski definition) is 1. The van der Waals surface area contributed by atoms with E-state index in [2.05, 4.69) is 35.8 Å². The van der Waals surface area contributed by atoms with Crippen LogP contribution in [0.5, 0.6) is 0 Å². The quantitative estimate of drug-likeness (QED) is 0.852. The first-order valence-electron chi connectivity index (χ1n) is 7.13. The van der Waals surface area contributed by atoms with E-state index in [1.54, 1.807) is 6.08 Å². The summed E-state index contributed by atoms with van der Waals surface area (Å²) in [6, 6.07) is 0. The van der Waals surface area contributed by atoms with Gasteiger partial charge in [0.2, 0.25) is 0 Å². The van der Waals surface area contributed by atoms with E-state index >= 15 is 0 Å². The van der Waals surface area contributed by atoms with E-state index in [0.29, 0.717) is 0 Å². The number of carboxylic acids is 1. The first kappa shape index (κ1) is 15.6. The molecule has 21 heavy (non-hydrogen) atoms. The first-order valence-corrected chi connectivity index (χ1v) is 7.13. The van der Waals surface area contributed by atoms with Crippen LogP contribution in [0.1, 0.15) is 25.1 Å². The summed E-state index contributed by atoms with van der Waals surface area (Å²) >= 11 is 0. The highest BCUT2D eigenvalue weighted by molar-refractivity contribution is 5.87. The molecule has 0 bridgehead atoms. The zero-order valence-corrected chi connectivity index (χ0v) is 13.4. The van der Waals surface area contributed by atoms with Crippen LogP contribution in [0.25, 0.3) is 6.08 Å². The Morgan fingerprint density at radius 3 is 2.57 bits per heavy atom. The molecule has 116 valence electrons. The Morgan fingerprint density at radius 1 is 1.33 bits per heavy atom. The minimum Gasteiger partial charge on any atom is -0.478 e. The number of likely N-dealkylation sites (N-methyl/N-ethyl adjacent to an activating group) is 1. The average Bonchev–Trinajstić information content (AvgIpc) is 2.64. The van der Waals surface area contributed by atoms with E-state index in [1.807, 2.05) is 18.7 Å². The van der Waals surface area contributed by atoms with Gasteiger partial charge in [0.25, 0.3) is 0 Å². The van der Waals surface area contributed by atoms with Crippen LogP contribution in [-0.2, 0) is 11.8 Å². The van der Waals surface area contributed by atoms with Crippen molar-refractivity contribution < 1.29 is 9.90 Å². The van der Waals surface area contributed by atoms with Crippen molar-refractivity contribution in [2.75, 3.05) is 31.6 Å². The van der Waals surface area contributed by atoms with Gasteiger partial charge in [0.1, 0.15) is 5.82 Å². The van der Waals surface area contributed by atoms with Crippen molar-refractivity contribution in [3.05, 3.63) is 17.3 Å². The van der Waals surface area contributed by atoms with E-state index in [0.717, 1.165) is 36.7 Å². The smallest absolute Gasteiger partial charge is 0.328 e. The lowest BCUT2D eigenvalue weighted by Gasteiger charge is -2.46. The highest BCUT2D eigenvalue weighted by Crippen LogP contribution is 2.29. The summed E-state index contributed by atoms with van der Waals surface area (Å²) in [6.45, 7) is 9.11. The molecule has 1 aromatic rings.